The van der Waals surface area contributed by atoms with E-state index in [1.807, 2.05) is 5.57 Å². The van der Waals surface area contributed by atoms with Gasteiger partial charge in [0, 0.05) is 11.8 Å². The number of esters is 1. The molecule has 5 aliphatic rings. The van der Waals surface area contributed by atoms with Gasteiger partial charge in [0.15, 0.2) is 0 Å². The zero-order valence-electron chi connectivity index (χ0n) is 33.7. The third-order valence-electron chi connectivity index (χ3n) is 16.8. The minimum atomic E-state index is 0.0312. The van der Waals surface area contributed by atoms with E-state index in [2.05, 4.69) is 68.4 Å². The van der Waals surface area contributed by atoms with Gasteiger partial charge in [-0.1, -0.05) is 151 Å². The molecular formula is C46H80O2. The van der Waals surface area contributed by atoms with Gasteiger partial charge in [0.25, 0.3) is 0 Å². The molecule has 0 aromatic carbocycles. The number of rotatable bonds is 15. The topological polar surface area (TPSA) is 26.3 Å². The Hall–Kier alpha value is -0.790. The Labute approximate surface area is 299 Å². The van der Waals surface area contributed by atoms with Gasteiger partial charge in [0.2, 0.25) is 0 Å². The van der Waals surface area contributed by atoms with Gasteiger partial charge in [-0.3, -0.25) is 4.79 Å². The quantitative estimate of drug-likeness (QED) is 0.0989. The number of carbonyl (C=O) groups excluding carboxylic acids is 1. The molecule has 0 saturated heterocycles. The third-order valence-corrected chi connectivity index (χ3v) is 16.8. The monoisotopic (exact) mass is 665 g/mol. The second kappa shape index (κ2) is 15.1. The molecule has 0 spiro atoms. The number of fused-ring (bicyclic) bond motifs is 7. The van der Waals surface area contributed by atoms with Crippen molar-refractivity contribution in [3.8, 4) is 0 Å². The fourth-order valence-electron chi connectivity index (χ4n) is 13.2. The molecule has 0 unspecified atom stereocenters. The van der Waals surface area contributed by atoms with Crippen molar-refractivity contribution < 1.29 is 9.53 Å². The molecule has 0 amide bonds. The van der Waals surface area contributed by atoms with Gasteiger partial charge in [-0.25, -0.2) is 0 Å². The number of ether oxygens (including phenoxy) is 1. The van der Waals surface area contributed by atoms with Crippen LogP contribution < -0.4 is 0 Å². The van der Waals surface area contributed by atoms with Crippen LogP contribution >= 0.6 is 0 Å². The van der Waals surface area contributed by atoms with E-state index in [-0.39, 0.29) is 17.5 Å². The fourth-order valence-corrected chi connectivity index (χ4v) is 13.2. The SMILES string of the molecule is CCCCCCCCCCCCCCCC(=O)O[C@H]1CC[C@]2(C)[C@H]3CC=C4[C@@H]5CC(C)(C)CC[C@]5(C)CC[C@]4(C)[C@]3(C)CC[C@H]2C1(C)C. The summed E-state index contributed by atoms with van der Waals surface area (Å²) in [6, 6.07) is 0. The first-order valence-electron chi connectivity index (χ1n) is 21.5. The molecule has 5 rings (SSSR count). The standard InChI is InChI=1S/C46H80O2/c1-10-11-12-13-14-15-16-17-18-19-20-21-22-23-40(47)48-39-27-28-44(7)37(42(39,4)5)26-29-46(9)38(44)25-24-35-36-34-41(2,3)30-31-43(36,6)32-33-45(35,46)8/h24,36-39H,10-23,25-34H2,1-9H3/t36-,37-,38+,39-,43+,44-,45-,46+/m0/s1. The summed E-state index contributed by atoms with van der Waals surface area (Å²) in [6.07, 6.45) is 34.0. The van der Waals surface area contributed by atoms with Crippen LogP contribution in [0, 0.1) is 50.2 Å². The van der Waals surface area contributed by atoms with Crippen LogP contribution in [0.3, 0.4) is 0 Å². The van der Waals surface area contributed by atoms with Crippen molar-refractivity contribution in [1.29, 1.82) is 0 Å². The maximum Gasteiger partial charge on any atom is 0.306 e. The van der Waals surface area contributed by atoms with Crippen molar-refractivity contribution in [3.63, 3.8) is 0 Å². The second-order valence-corrected chi connectivity index (χ2v) is 20.7. The van der Waals surface area contributed by atoms with Crippen molar-refractivity contribution in [3.05, 3.63) is 11.6 Å². The van der Waals surface area contributed by atoms with E-state index in [1.54, 1.807) is 0 Å². The van der Waals surface area contributed by atoms with Crippen molar-refractivity contribution in [1.82, 2.24) is 0 Å². The van der Waals surface area contributed by atoms with E-state index in [4.69, 9.17) is 4.74 Å². The first-order valence-corrected chi connectivity index (χ1v) is 21.5. The van der Waals surface area contributed by atoms with Crippen molar-refractivity contribution in [2.24, 2.45) is 50.2 Å². The lowest BCUT2D eigenvalue weighted by molar-refractivity contribution is -0.212. The third kappa shape index (κ3) is 7.41. The lowest BCUT2D eigenvalue weighted by Gasteiger charge is -2.71. The summed E-state index contributed by atoms with van der Waals surface area (Å²) in [4.78, 5) is 13.2. The van der Waals surface area contributed by atoms with Crippen molar-refractivity contribution in [2.75, 3.05) is 0 Å². The van der Waals surface area contributed by atoms with Gasteiger partial charge in [0.05, 0.1) is 0 Å². The molecule has 0 aliphatic heterocycles. The maximum absolute atomic E-state index is 13.2. The molecule has 0 aromatic heterocycles. The van der Waals surface area contributed by atoms with E-state index in [9.17, 15) is 4.79 Å². The average molecular weight is 665 g/mol. The summed E-state index contributed by atoms with van der Waals surface area (Å²) in [5, 5.41) is 0. The minimum absolute atomic E-state index is 0.0312. The first-order chi connectivity index (χ1) is 22.6. The molecule has 2 nitrogen and oxygen atoms in total. The molecule has 8 atom stereocenters. The van der Waals surface area contributed by atoms with Crippen LogP contribution in [0.2, 0.25) is 0 Å². The molecule has 5 aliphatic carbocycles. The summed E-state index contributed by atoms with van der Waals surface area (Å²) < 4.78 is 6.41. The summed E-state index contributed by atoms with van der Waals surface area (Å²) in [6.45, 7) is 23.0. The highest BCUT2D eigenvalue weighted by Gasteiger charge is 2.68. The van der Waals surface area contributed by atoms with Gasteiger partial charge in [-0.2, -0.15) is 0 Å². The molecule has 0 heterocycles. The van der Waals surface area contributed by atoms with Gasteiger partial charge in [0.1, 0.15) is 6.10 Å². The van der Waals surface area contributed by atoms with Crippen LogP contribution in [0.5, 0.6) is 0 Å². The van der Waals surface area contributed by atoms with E-state index in [0.29, 0.717) is 39.4 Å². The van der Waals surface area contributed by atoms with Crippen molar-refractivity contribution in [2.45, 2.75) is 223 Å². The Morgan fingerprint density at radius 3 is 1.90 bits per heavy atom. The molecular weight excluding hydrogens is 585 g/mol. The van der Waals surface area contributed by atoms with Gasteiger partial charge >= 0.3 is 5.97 Å². The summed E-state index contributed by atoms with van der Waals surface area (Å²) in [5.41, 5.74) is 3.87. The predicted molar refractivity (Wildman–Crippen MR) is 205 cm³/mol. The van der Waals surface area contributed by atoms with E-state index >= 15 is 0 Å². The Morgan fingerprint density at radius 1 is 0.688 bits per heavy atom. The molecule has 48 heavy (non-hydrogen) atoms. The normalized spacial score (nSPS) is 39.7. The van der Waals surface area contributed by atoms with Crippen LogP contribution in [0.15, 0.2) is 11.6 Å². The number of allylic oxidation sites excluding steroid dienone is 2. The molecule has 0 N–H and O–H groups in total. The maximum atomic E-state index is 13.2. The van der Waals surface area contributed by atoms with Gasteiger partial charge in [-0.05, 0) is 115 Å². The molecule has 2 heteroatoms. The number of hydrogen-bond donors (Lipinski definition) is 0. The lowest BCUT2D eigenvalue weighted by atomic mass is 9.33. The number of hydrogen-bond acceptors (Lipinski definition) is 2. The Kier molecular flexibility index (Phi) is 12.1. The molecule has 4 saturated carbocycles. The van der Waals surface area contributed by atoms with Crippen LogP contribution in [-0.2, 0) is 9.53 Å². The molecule has 0 aromatic rings. The predicted octanol–water partition coefficient (Wildman–Crippen LogP) is 14.2. The van der Waals surface area contributed by atoms with Crippen LogP contribution in [0.4, 0.5) is 0 Å². The number of carbonyl (C=O) groups is 1. The lowest BCUT2D eigenvalue weighted by Crippen LogP contribution is -2.64. The first kappa shape index (κ1) is 38.4. The Bertz CT molecular complexity index is 1120. The van der Waals surface area contributed by atoms with Gasteiger partial charge in [-0.15, -0.1) is 0 Å². The van der Waals surface area contributed by atoms with E-state index in [1.165, 1.54) is 135 Å². The largest absolute Gasteiger partial charge is 0.462 e. The van der Waals surface area contributed by atoms with Crippen LogP contribution in [-0.4, -0.2) is 12.1 Å². The van der Waals surface area contributed by atoms with Crippen LogP contribution in [0.1, 0.15) is 216 Å². The van der Waals surface area contributed by atoms with Crippen molar-refractivity contribution >= 4 is 5.97 Å². The molecule has 4 fully saturated rings. The summed E-state index contributed by atoms with van der Waals surface area (Å²) >= 11 is 0. The summed E-state index contributed by atoms with van der Waals surface area (Å²) in [7, 11) is 0. The fraction of sp³-hybridized carbons (Fsp3) is 0.935. The highest BCUT2D eigenvalue weighted by Crippen LogP contribution is 2.75. The van der Waals surface area contributed by atoms with E-state index < -0.39 is 0 Å². The number of unbranched alkanes of at least 4 members (excludes halogenated alkanes) is 12. The molecule has 0 bridgehead atoms. The second-order valence-electron chi connectivity index (χ2n) is 20.7. The highest BCUT2D eigenvalue weighted by atomic mass is 16.5. The molecule has 276 valence electrons. The Morgan fingerprint density at radius 2 is 1.27 bits per heavy atom. The van der Waals surface area contributed by atoms with Crippen LogP contribution in [0.25, 0.3) is 0 Å². The minimum Gasteiger partial charge on any atom is -0.462 e. The Balaban J connectivity index is 1.12. The molecule has 0 radical (unpaired) electrons. The highest BCUT2D eigenvalue weighted by molar-refractivity contribution is 5.69. The van der Waals surface area contributed by atoms with Gasteiger partial charge < -0.3 is 4.74 Å². The smallest absolute Gasteiger partial charge is 0.306 e. The zero-order valence-corrected chi connectivity index (χ0v) is 33.7. The average Bonchev–Trinajstić information content (AvgIpc) is 3.02. The summed E-state index contributed by atoms with van der Waals surface area (Å²) in [5.74, 6) is 2.18. The van der Waals surface area contributed by atoms with E-state index in [0.717, 1.165) is 24.7 Å². The zero-order chi connectivity index (χ0) is 34.8.